The lowest BCUT2D eigenvalue weighted by Gasteiger charge is -2.26. The first-order valence-corrected chi connectivity index (χ1v) is 8.78. The van der Waals surface area contributed by atoms with Gasteiger partial charge in [0.15, 0.2) is 0 Å². The molecule has 1 amide bonds. The zero-order valence-electron chi connectivity index (χ0n) is 14.5. The number of halogens is 1. The summed E-state index contributed by atoms with van der Waals surface area (Å²) >= 11 is 0. The SMILES string of the molecule is O=C(CCc1nc(-c2ccc(F)cc2)no1)N[C@@H]1CCOc2ccccc21. The molecule has 0 unspecified atom stereocenters. The number of carbonyl (C=O) groups is 1. The van der Waals surface area contributed by atoms with Gasteiger partial charge < -0.3 is 14.6 Å². The first-order chi connectivity index (χ1) is 13.2. The first-order valence-electron chi connectivity index (χ1n) is 8.78. The molecule has 7 heteroatoms. The maximum Gasteiger partial charge on any atom is 0.227 e. The van der Waals surface area contributed by atoms with Gasteiger partial charge in [-0.2, -0.15) is 4.98 Å². The van der Waals surface area contributed by atoms with E-state index in [0.29, 0.717) is 30.3 Å². The average Bonchev–Trinajstić information content (AvgIpc) is 3.16. The molecule has 0 fully saturated rings. The van der Waals surface area contributed by atoms with Crippen LogP contribution in [0, 0.1) is 5.82 Å². The number of benzene rings is 2. The summed E-state index contributed by atoms with van der Waals surface area (Å²) in [6.45, 7) is 0.576. The minimum Gasteiger partial charge on any atom is -0.493 e. The maximum atomic E-state index is 13.0. The molecular weight excluding hydrogens is 349 g/mol. The molecule has 1 aliphatic rings. The second-order valence-electron chi connectivity index (χ2n) is 6.31. The zero-order chi connectivity index (χ0) is 18.6. The molecule has 27 heavy (non-hydrogen) atoms. The lowest BCUT2D eigenvalue weighted by Crippen LogP contribution is -2.32. The number of rotatable bonds is 5. The number of fused-ring (bicyclic) bond motifs is 1. The van der Waals surface area contributed by atoms with Gasteiger partial charge in [-0.05, 0) is 30.3 Å². The smallest absolute Gasteiger partial charge is 0.227 e. The predicted octanol–water partition coefficient (Wildman–Crippen LogP) is 3.45. The number of ether oxygens (including phenoxy) is 1. The molecule has 3 aromatic rings. The van der Waals surface area contributed by atoms with Crippen molar-refractivity contribution in [3.05, 3.63) is 65.8 Å². The Labute approximate surface area is 155 Å². The first kappa shape index (κ1) is 17.2. The topological polar surface area (TPSA) is 77.2 Å². The molecule has 0 saturated carbocycles. The van der Waals surface area contributed by atoms with E-state index in [-0.39, 0.29) is 24.2 Å². The molecule has 0 radical (unpaired) electrons. The fourth-order valence-corrected chi connectivity index (χ4v) is 3.05. The molecule has 1 aromatic heterocycles. The fraction of sp³-hybridized carbons (Fsp3) is 0.250. The van der Waals surface area contributed by atoms with E-state index in [9.17, 15) is 9.18 Å². The van der Waals surface area contributed by atoms with Crippen LogP contribution in [0.3, 0.4) is 0 Å². The summed E-state index contributed by atoms with van der Waals surface area (Å²) in [6, 6.07) is 13.5. The Hall–Kier alpha value is -3.22. The van der Waals surface area contributed by atoms with Gasteiger partial charge in [0.05, 0.1) is 12.6 Å². The van der Waals surface area contributed by atoms with Gasteiger partial charge in [0.2, 0.25) is 17.6 Å². The molecule has 1 aliphatic heterocycles. The van der Waals surface area contributed by atoms with E-state index >= 15 is 0 Å². The molecule has 1 N–H and O–H groups in total. The van der Waals surface area contributed by atoms with Crippen molar-refractivity contribution in [2.24, 2.45) is 0 Å². The van der Waals surface area contributed by atoms with Crippen molar-refractivity contribution in [2.45, 2.75) is 25.3 Å². The van der Waals surface area contributed by atoms with Crippen LogP contribution in [-0.4, -0.2) is 22.7 Å². The average molecular weight is 367 g/mol. The monoisotopic (exact) mass is 367 g/mol. The minimum absolute atomic E-state index is 0.0556. The van der Waals surface area contributed by atoms with E-state index in [0.717, 1.165) is 17.7 Å². The van der Waals surface area contributed by atoms with Gasteiger partial charge in [0.25, 0.3) is 0 Å². The van der Waals surface area contributed by atoms with E-state index in [4.69, 9.17) is 9.26 Å². The van der Waals surface area contributed by atoms with Gasteiger partial charge in [-0.25, -0.2) is 4.39 Å². The molecule has 6 nitrogen and oxygen atoms in total. The Balaban J connectivity index is 1.34. The zero-order valence-corrected chi connectivity index (χ0v) is 14.5. The predicted molar refractivity (Wildman–Crippen MR) is 95.5 cm³/mol. The number of para-hydroxylation sites is 1. The molecule has 2 aromatic carbocycles. The van der Waals surface area contributed by atoms with Crippen LogP contribution >= 0.6 is 0 Å². The largest absolute Gasteiger partial charge is 0.493 e. The highest BCUT2D eigenvalue weighted by atomic mass is 19.1. The van der Waals surface area contributed by atoms with Gasteiger partial charge in [0.1, 0.15) is 11.6 Å². The standard InChI is InChI=1S/C20H18FN3O3/c21-14-7-5-13(6-8-14)20-23-19(27-24-20)10-9-18(25)22-16-11-12-26-17-4-2-1-3-15(16)17/h1-8,16H,9-12H2,(H,22,25)/t16-/m1/s1. The molecule has 4 rings (SSSR count). The fourth-order valence-electron chi connectivity index (χ4n) is 3.05. The van der Waals surface area contributed by atoms with Gasteiger partial charge in [0, 0.05) is 30.4 Å². The van der Waals surface area contributed by atoms with Crippen LogP contribution < -0.4 is 10.1 Å². The third-order valence-electron chi connectivity index (χ3n) is 4.43. The van der Waals surface area contributed by atoms with Crippen LogP contribution in [0.2, 0.25) is 0 Å². The van der Waals surface area contributed by atoms with Crippen molar-refractivity contribution in [1.82, 2.24) is 15.5 Å². The second kappa shape index (κ2) is 7.57. The highest BCUT2D eigenvalue weighted by molar-refractivity contribution is 5.76. The Morgan fingerprint density at radius 1 is 1.19 bits per heavy atom. The molecule has 0 saturated heterocycles. The van der Waals surface area contributed by atoms with Gasteiger partial charge in [-0.15, -0.1) is 0 Å². The van der Waals surface area contributed by atoms with Gasteiger partial charge in [-0.3, -0.25) is 4.79 Å². The minimum atomic E-state index is -0.325. The number of aryl methyl sites for hydroxylation is 1. The summed E-state index contributed by atoms with van der Waals surface area (Å²) < 4.78 is 23.8. The van der Waals surface area contributed by atoms with Crippen molar-refractivity contribution in [3.8, 4) is 17.1 Å². The second-order valence-corrected chi connectivity index (χ2v) is 6.31. The van der Waals surface area contributed by atoms with Crippen LogP contribution in [0.15, 0.2) is 53.1 Å². The maximum absolute atomic E-state index is 13.0. The lowest BCUT2D eigenvalue weighted by molar-refractivity contribution is -0.122. The molecule has 2 heterocycles. The van der Waals surface area contributed by atoms with Crippen LogP contribution in [0.4, 0.5) is 4.39 Å². The highest BCUT2D eigenvalue weighted by Crippen LogP contribution is 2.31. The Morgan fingerprint density at radius 2 is 2.00 bits per heavy atom. The molecule has 0 spiro atoms. The van der Waals surface area contributed by atoms with E-state index in [1.807, 2.05) is 24.3 Å². The van der Waals surface area contributed by atoms with Crippen molar-refractivity contribution in [2.75, 3.05) is 6.61 Å². The number of nitrogens with one attached hydrogen (secondary N) is 1. The van der Waals surface area contributed by atoms with Crippen molar-refractivity contribution >= 4 is 5.91 Å². The van der Waals surface area contributed by atoms with Crippen LogP contribution in [0.25, 0.3) is 11.4 Å². The van der Waals surface area contributed by atoms with Crippen LogP contribution in [0.1, 0.15) is 30.3 Å². The molecular formula is C20H18FN3O3. The third-order valence-corrected chi connectivity index (χ3v) is 4.43. The summed E-state index contributed by atoms with van der Waals surface area (Å²) in [6.07, 6.45) is 1.31. The van der Waals surface area contributed by atoms with Crippen LogP contribution in [-0.2, 0) is 11.2 Å². The quantitative estimate of drug-likeness (QED) is 0.747. The summed E-state index contributed by atoms with van der Waals surface area (Å²) in [7, 11) is 0. The van der Waals surface area contributed by atoms with E-state index < -0.39 is 0 Å². The Morgan fingerprint density at radius 3 is 2.85 bits per heavy atom. The van der Waals surface area contributed by atoms with Crippen molar-refractivity contribution in [3.63, 3.8) is 0 Å². The summed E-state index contributed by atoms with van der Waals surface area (Å²) in [5.41, 5.74) is 1.66. The Bertz CT molecular complexity index is 940. The van der Waals surface area contributed by atoms with E-state index in [2.05, 4.69) is 15.5 Å². The number of hydrogen-bond acceptors (Lipinski definition) is 5. The molecule has 1 atom stereocenters. The van der Waals surface area contributed by atoms with E-state index in [1.165, 1.54) is 12.1 Å². The summed E-state index contributed by atoms with van der Waals surface area (Å²) in [5, 5.41) is 6.92. The number of hydrogen-bond donors (Lipinski definition) is 1. The molecule has 138 valence electrons. The number of nitrogens with zero attached hydrogens (tertiary/aromatic N) is 2. The summed E-state index contributed by atoms with van der Waals surface area (Å²) in [4.78, 5) is 16.6. The van der Waals surface area contributed by atoms with Gasteiger partial charge in [-0.1, -0.05) is 23.4 Å². The molecule has 0 aliphatic carbocycles. The number of aromatic nitrogens is 2. The van der Waals surface area contributed by atoms with Crippen molar-refractivity contribution in [1.29, 1.82) is 0 Å². The van der Waals surface area contributed by atoms with E-state index in [1.54, 1.807) is 12.1 Å². The lowest BCUT2D eigenvalue weighted by atomic mass is 10.0. The summed E-state index contributed by atoms with van der Waals surface area (Å²) in [5.74, 6) is 1.16. The highest BCUT2D eigenvalue weighted by Gasteiger charge is 2.22. The third kappa shape index (κ3) is 3.97. The van der Waals surface area contributed by atoms with Gasteiger partial charge >= 0.3 is 0 Å². The normalized spacial score (nSPS) is 15.7. The number of carbonyl (C=O) groups excluding carboxylic acids is 1. The number of amides is 1. The molecule has 0 bridgehead atoms. The van der Waals surface area contributed by atoms with Crippen molar-refractivity contribution < 1.29 is 18.4 Å². The Kier molecular flexibility index (Phi) is 4.82. The van der Waals surface area contributed by atoms with Crippen LogP contribution in [0.5, 0.6) is 5.75 Å².